The van der Waals surface area contributed by atoms with E-state index in [2.05, 4.69) is 167 Å². The predicted octanol–water partition coefficient (Wildman–Crippen LogP) is 11.2. The van der Waals surface area contributed by atoms with E-state index in [1.165, 1.54) is 54.1 Å². The van der Waals surface area contributed by atoms with Crippen molar-refractivity contribution in [3.05, 3.63) is 164 Å². The van der Waals surface area contributed by atoms with Gasteiger partial charge < -0.3 is 4.57 Å². The van der Waals surface area contributed by atoms with E-state index in [0.29, 0.717) is 0 Å². The number of rotatable bonds is 3. The molecule has 0 saturated carbocycles. The van der Waals surface area contributed by atoms with Crippen molar-refractivity contribution < 1.29 is 0 Å². The Bertz CT molecular complexity index is 2780. The average molecular weight is 586 g/mol. The molecule has 0 atom stereocenters. The minimum absolute atomic E-state index is 0.938. The summed E-state index contributed by atoms with van der Waals surface area (Å²) >= 11 is 0. The Balaban J connectivity index is 1.29. The Morgan fingerprint density at radius 2 is 1.09 bits per heavy atom. The van der Waals surface area contributed by atoms with Gasteiger partial charge in [0.25, 0.3) is 0 Å². The number of pyridine rings is 1. The van der Waals surface area contributed by atoms with Gasteiger partial charge in [-0.2, -0.15) is 0 Å². The van der Waals surface area contributed by atoms with Gasteiger partial charge in [0, 0.05) is 39.2 Å². The van der Waals surface area contributed by atoms with Crippen molar-refractivity contribution in [3.8, 4) is 28.2 Å². The molecule has 0 fully saturated rings. The largest absolute Gasteiger partial charge is 0.309 e. The fourth-order valence-electron chi connectivity index (χ4n) is 7.54. The third-order valence-electron chi connectivity index (χ3n) is 9.50. The van der Waals surface area contributed by atoms with Crippen LogP contribution in [0.4, 0.5) is 0 Å². The second kappa shape index (κ2) is 9.65. The molecule has 0 radical (unpaired) electrons. The molecule has 0 aliphatic carbocycles. The minimum Gasteiger partial charge on any atom is -0.309 e. The van der Waals surface area contributed by atoms with Gasteiger partial charge in [-0.05, 0) is 57.3 Å². The summed E-state index contributed by atoms with van der Waals surface area (Å²) < 4.78 is 4.66. The number of hydrogen-bond donors (Lipinski definition) is 0. The van der Waals surface area contributed by atoms with Crippen LogP contribution < -0.4 is 0 Å². The summed E-state index contributed by atoms with van der Waals surface area (Å²) in [5.41, 5.74) is 8.84. The molecule has 0 aliphatic heterocycles. The Kier molecular flexibility index (Phi) is 5.28. The van der Waals surface area contributed by atoms with E-state index < -0.39 is 0 Å². The lowest BCUT2D eigenvalue weighted by Crippen LogP contribution is -1.96. The Hall–Kier alpha value is -6.19. The Morgan fingerprint density at radius 1 is 0.435 bits per heavy atom. The highest BCUT2D eigenvalue weighted by Gasteiger charge is 2.21. The van der Waals surface area contributed by atoms with E-state index in [9.17, 15) is 0 Å². The zero-order valence-electron chi connectivity index (χ0n) is 24.9. The van der Waals surface area contributed by atoms with E-state index in [1.807, 2.05) is 6.07 Å². The van der Waals surface area contributed by atoms with Crippen molar-refractivity contribution in [2.75, 3.05) is 0 Å². The van der Waals surface area contributed by atoms with Crippen LogP contribution in [0.3, 0.4) is 0 Å². The highest BCUT2D eigenvalue weighted by Crippen LogP contribution is 2.44. The number of aromatic nitrogens is 3. The van der Waals surface area contributed by atoms with Crippen LogP contribution in [-0.2, 0) is 0 Å². The highest BCUT2D eigenvalue weighted by atomic mass is 15.0. The molecule has 10 aromatic rings. The van der Waals surface area contributed by atoms with Crippen LogP contribution in [0, 0.1) is 0 Å². The summed E-state index contributed by atoms with van der Waals surface area (Å²) in [6.45, 7) is 0. The smallest absolute Gasteiger partial charge is 0.137 e. The topological polar surface area (TPSA) is 22.2 Å². The fourth-order valence-corrected chi connectivity index (χ4v) is 7.54. The van der Waals surface area contributed by atoms with E-state index in [4.69, 9.17) is 4.98 Å². The molecule has 7 aromatic carbocycles. The first-order chi connectivity index (χ1) is 22.8. The average Bonchev–Trinajstić information content (AvgIpc) is 3.69. The van der Waals surface area contributed by atoms with Gasteiger partial charge in [0.05, 0.1) is 22.4 Å². The highest BCUT2D eigenvalue weighted by molar-refractivity contribution is 6.36. The zero-order valence-corrected chi connectivity index (χ0v) is 24.9. The molecule has 0 spiro atoms. The molecule has 214 valence electrons. The van der Waals surface area contributed by atoms with E-state index in [0.717, 1.165) is 33.8 Å². The molecule has 0 bridgehead atoms. The molecule has 10 rings (SSSR count). The molecular formula is C43H27N3. The second-order valence-corrected chi connectivity index (χ2v) is 12.0. The van der Waals surface area contributed by atoms with Crippen LogP contribution in [0.25, 0.3) is 88.0 Å². The fraction of sp³-hybridized carbons (Fsp3) is 0. The molecule has 0 aliphatic rings. The second-order valence-electron chi connectivity index (χ2n) is 12.0. The number of para-hydroxylation sites is 1. The van der Waals surface area contributed by atoms with Gasteiger partial charge >= 0.3 is 0 Å². The lowest BCUT2D eigenvalue weighted by atomic mass is 9.93. The summed E-state index contributed by atoms with van der Waals surface area (Å²) in [4.78, 5) is 5.12. The SMILES string of the molecule is c1ccc(-c2c(-c3ccc(-n4c5ccccc5c5c6ccccc6c6ccc7ccccc7c6c54)cc3)nc3ccccn23)cc1. The molecule has 3 aromatic heterocycles. The van der Waals surface area contributed by atoms with Crippen LogP contribution in [0.1, 0.15) is 0 Å². The van der Waals surface area contributed by atoms with Gasteiger partial charge in [-0.3, -0.25) is 4.40 Å². The number of imidazole rings is 1. The number of nitrogens with zero attached hydrogens (tertiary/aromatic N) is 3. The molecule has 3 heteroatoms. The molecule has 0 unspecified atom stereocenters. The van der Waals surface area contributed by atoms with Gasteiger partial charge in [0.15, 0.2) is 0 Å². The van der Waals surface area contributed by atoms with Gasteiger partial charge in [0.2, 0.25) is 0 Å². The lowest BCUT2D eigenvalue weighted by molar-refractivity contribution is 1.19. The van der Waals surface area contributed by atoms with Crippen molar-refractivity contribution in [1.82, 2.24) is 14.0 Å². The summed E-state index contributed by atoms with van der Waals surface area (Å²) in [5, 5.41) is 10.2. The normalized spacial score (nSPS) is 11.9. The summed E-state index contributed by atoms with van der Waals surface area (Å²) in [6.07, 6.45) is 2.10. The lowest BCUT2D eigenvalue weighted by Gasteiger charge is -2.14. The van der Waals surface area contributed by atoms with Gasteiger partial charge in [-0.1, -0.05) is 127 Å². The van der Waals surface area contributed by atoms with Crippen LogP contribution in [-0.4, -0.2) is 14.0 Å². The Morgan fingerprint density at radius 3 is 1.93 bits per heavy atom. The molecule has 3 heterocycles. The van der Waals surface area contributed by atoms with Crippen molar-refractivity contribution in [3.63, 3.8) is 0 Å². The first kappa shape index (κ1) is 25.2. The molecule has 0 N–H and O–H groups in total. The quantitative estimate of drug-likeness (QED) is 0.189. The van der Waals surface area contributed by atoms with Crippen LogP contribution in [0.5, 0.6) is 0 Å². The zero-order chi connectivity index (χ0) is 30.2. The molecule has 3 nitrogen and oxygen atoms in total. The van der Waals surface area contributed by atoms with Crippen molar-refractivity contribution in [2.45, 2.75) is 0 Å². The molecular weight excluding hydrogens is 558 g/mol. The van der Waals surface area contributed by atoms with Crippen LogP contribution >= 0.6 is 0 Å². The van der Waals surface area contributed by atoms with Crippen molar-refractivity contribution in [2.24, 2.45) is 0 Å². The molecule has 46 heavy (non-hydrogen) atoms. The molecule has 0 saturated heterocycles. The maximum atomic E-state index is 5.12. The maximum Gasteiger partial charge on any atom is 0.137 e. The monoisotopic (exact) mass is 585 g/mol. The van der Waals surface area contributed by atoms with Gasteiger partial charge in [-0.15, -0.1) is 0 Å². The molecule has 0 amide bonds. The van der Waals surface area contributed by atoms with Crippen molar-refractivity contribution >= 4 is 59.8 Å². The van der Waals surface area contributed by atoms with E-state index in [-0.39, 0.29) is 0 Å². The Labute approximate surface area is 265 Å². The van der Waals surface area contributed by atoms with Crippen LogP contribution in [0.15, 0.2) is 164 Å². The van der Waals surface area contributed by atoms with Crippen LogP contribution in [0.2, 0.25) is 0 Å². The maximum absolute atomic E-state index is 5.12. The number of benzene rings is 7. The van der Waals surface area contributed by atoms with Gasteiger partial charge in [-0.25, -0.2) is 4.98 Å². The predicted molar refractivity (Wildman–Crippen MR) is 193 cm³/mol. The van der Waals surface area contributed by atoms with Crippen molar-refractivity contribution in [1.29, 1.82) is 0 Å². The number of hydrogen-bond acceptors (Lipinski definition) is 1. The third kappa shape index (κ3) is 3.51. The van der Waals surface area contributed by atoms with Gasteiger partial charge in [0.1, 0.15) is 5.65 Å². The third-order valence-corrected chi connectivity index (χ3v) is 9.50. The summed E-state index contributed by atoms with van der Waals surface area (Å²) in [5.74, 6) is 0. The first-order valence-corrected chi connectivity index (χ1v) is 15.7. The standard InChI is InChI=1S/C43H27N3/c1-2-13-30(14-3-1)42-41(44-38-20-10-11-27-45(38)42)29-21-24-31(25-22-29)46-37-19-9-8-18-36(37)40-34-17-7-6-16-33(34)35-26-23-28-12-4-5-15-32(28)39(35)43(40)46/h1-27H. The van der Waals surface area contributed by atoms with E-state index >= 15 is 0 Å². The first-order valence-electron chi connectivity index (χ1n) is 15.7. The summed E-state index contributed by atoms with van der Waals surface area (Å²) in [6, 6.07) is 56.7. The number of fused-ring (bicyclic) bond motifs is 11. The van der Waals surface area contributed by atoms with E-state index in [1.54, 1.807) is 0 Å². The summed E-state index contributed by atoms with van der Waals surface area (Å²) in [7, 11) is 0. The minimum atomic E-state index is 0.938.